The number of allylic oxidation sites excluding steroid dienone is 2. The van der Waals surface area contributed by atoms with Crippen molar-refractivity contribution in [2.75, 3.05) is 7.11 Å². The fraction of sp³-hybridized carbons (Fsp3) is 0.200. The topological polar surface area (TPSA) is 118 Å². The summed E-state index contributed by atoms with van der Waals surface area (Å²) in [4.78, 5) is 49.0. The van der Waals surface area contributed by atoms with Crippen LogP contribution in [0.2, 0.25) is 5.02 Å². The third kappa shape index (κ3) is 8.88. The number of carboxylic acid groups (broad SMARTS) is 2. The van der Waals surface area contributed by atoms with Crippen molar-refractivity contribution < 1.29 is 34.1 Å². The predicted molar refractivity (Wildman–Crippen MR) is 182 cm³/mol. The quantitative estimate of drug-likeness (QED) is 0.128. The summed E-state index contributed by atoms with van der Waals surface area (Å²) < 4.78 is 5.28. The van der Waals surface area contributed by atoms with Gasteiger partial charge in [0.15, 0.2) is 11.6 Å². The fourth-order valence-electron chi connectivity index (χ4n) is 4.65. The Morgan fingerprint density at radius 1 is 0.844 bits per heavy atom. The van der Waals surface area contributed by atoms with E-state index in [0.29, 0.717) is 32.2 Å². The lowest BCUT2D eigenvalue weighted by Crippen LogP contribution is -2.09. The molecule has 0 fully saturated rings. The van der Waals surface area contributed by atoms with Gasteiger partial charge in [-0.2, -0.15) is 0 Å². The average molecular weight is 665 g/mol. The Morgan fingerprint density at radius 2 is 1.49 bits per heavy atom. The van der Waals surface area contributed by atoms with Crippen LogP contribution in [0.5, 0.6) is 5.75 Å². The average Bonchev–Trinajstić information content (AvgIpc) is 3.62. The molecule has 2 aromatic heterocycles. The van der Waals surface area contributed by atoms with Crippen molar-refractivity contribution in [3.05, 3.63) is 119 Å². The van der Waals surface area contributed by atoms with Gasteiger partial charge < -0.3 is 14.9 Å². The van der Waals surface area contributed by atoms with Gasteiger partial charge in [0.05, 0.1) is 28.7 Å². The molecule has 0 saturated carbocycles. The smallest absolute Gasteiger partial charge is 0.336 e. The van der Waals surface area contributed by atoms with Crippen molar-refractivity contribution in [3.8, 4) is 5.75 Å². The van der Waals surface area contributed by atoms with Gasteiger partial charge in [0.2, 0.25) is 0 Å². The number of thiophene rings is 2. The van der Waals surface area contributed by atoms with E-state index < -0.39 is 11.9 Å². The number of benzene rings is 2. The second-order valence-corrected chi connectivity index (χ2v) is 12.7. The van der Waals surface area contributed by atoms with Crippen LogP contribution in [-0.2, 0) is 0 Å². The number of rotatable bonds is 10. The Labute approximate surface area is 275 Å². The van der Waals surface area contributed by atoms with E-state index in [1.807, 2.05) is 32.2 Å². The van der Waals surface area contributed by atoms with Gasteiger partial charge in [-0.15, -0.1) is 22.7 Å². The van der Waals surface area contributed by atoms with Gasteiger partial charge in [-0.3, -0.25) is 9.59 Å². The molecule has 0 aliphatic rings. The van der Waals surface area contributed by atoms with Gasteiger partial charge in [-0.25, -0.2) is 9.59 Å². The molecule has 0 aliphatic heterocycles. The number of methoxy groups -OCH3 is 1. The third-order valence-corrected chi connectivity index (χ3v) is 8.98. The zero-order chi connectivity index (χ0) is 33.4. The van der Waals surface area contributed by atoms with E-state index >= 15 is 0 Å². The maximum Gasteiger partial charge on any atom is 0.336 e. The van der Waals surface area contributed by atoms with E-state index in [4.69, 9.17) is 16.3 Å². The molecule has 234 valence electrons. The van der Waals surface area contributed by atoms with Crippen molar-refractivity contribution in [3.63, 3.8) is 0 Å². The number of halogens is 1. The molecule has 2 heterocycles. The van der Waals surface area contributed by atoms with E-state index in [1.165, 1.54) is 36.2 Å². The summed E-state index contributed by atoms with van der Waals surface area (Å²) in [6.07, 6.45) is 6.41. The molecule has 0 radical (unpaired) electrons. The molecule has 4 aromatic rings. The van der Waals surface area contributed by atoms with Crippen molar-refractivity contribution in [2.45, 2.75) is 40.5 Å². The molecule has 0 spiro atoms. The lowest BCUT2D eigenvalue weighted by molar-refractivity contribution is 0.0684. The largest absolute Gasteiger partial charge is 0.496 e. The summed E-state index contributed by atoms with van der Waals surface area (Å²) in [6, 6.07) is 10.6. The number of carbonyl (C=O) groups is 4. The van der Waals surface area contributed by atoms with Crippen molar-refractivity contribution in [1.82, 2.24) is 0 Å². The molecule has 4 rings (SSSR count). The van der Waals surface area contributed by atoms with Gasteiger partial charge in [-0.1, -0.05) is 43.7 Å². The first-order valence-corrected chi connectivity index (χ1v) is 15.9. The molecule has 0 atom stereocenters. The second-order valence-electron chi connectivity index (χ2n) is 10.4. The summed E-state index contributed by atoms with van der Waals surface area (Å²) in [6.45, 7) is 9.10. The number of ether oxygens (including phenoxy) is 1. The predicted octanol–water partition coefficient (Wildman–Crippen LogP) is 9.40. The minimum absolute atomic E-state index is 0.00122. The van der Waals surface area contributed by atoms with Crippen LogP contribution in [0.4, 0.5) is 0 Å². The SMILES string of the molecule is COc1c(C(=O)C=Cc2ccc(Cl)cc2)cc(C)c(C(=O)O)c1C.Cc1csc(C=CC(=O)c2scc(C(=O)O)c2C(C)C)c1. The number of aryl methyl sites for hydroxylation is 2. The Bertz CT molecular complexity index is 1790. The zero-order valence-electron chi connectivity index (χ0n) is 25.6. The van der Waals surface area contributed by atoms with Crippen molar-refractivity contribution in [2.24, 2.45) is 0 Å². The molecular formula is C35H33ClO7S2. The van der Waals surface area contributed by atoms with Crippen LogP contribution in [0, 0.1) is 20.8 Å². The first-order valence-electron chi connectivity index (χ1n) is 13.8. The standard InChI is InChI=1S/C19H17ClO4.C16H16O3S2/c1-11-10-15(18(24-3)12(2)17(11)19(22)23)16(21)9-6-13-4-7-14(20)8-5-13;1-9(2)14-12(16(18)19)8-21-15(14)13(17)5-4-11-6-10(3)7-20-11/h4-10H,1-3H3,(H,22,23);4-9H,1-3H3,(H,18,19). The molecule has 0 saturated heterocycles. The molecule has 10 heteroatoms. The zero-order valence-corrected chi connectivity index (χ0v) is 28.0. The summed E-state index contributed by atoms with van der Waals surface area (Å²) in [5.74, 6) is -2.14. The normalized spacial score (nSPS) is 11.1. The van der Waals surface area contributed by atoms with Crippen LogP contribution in [-0.4, -0.2) is 40.8 Å². The van der Waals surface area contributed by atoms with Crippen LogP contribution in [0.3, 0.4) is 0 Å². The number of aromatic carboxylic acids is 2. The van der Waals surface area contributed by atoms with Crippen LogP contribution >= 0.6 is 34.3 Å². The van der Waals surface area contributed by atoms with Gasteiger partial charge >= 0.3 is 11.9 Å². The highest BCUT2D eigenvalue weighted by molar-refractivity contribution is 7.13. The fourth-order valence-corrected chi connectivity index (χ4v) is 6.68. The molecule has 0 aliphatic carbocycles. The Balaban J connectivity index is 0.000000248. The number of carbonyl (C=O) groups excluding carboxylic acids is 2. The summed E-state index contributed by atoms with van der Waals surface area (Å²) in [5.41, 5.74) is 4.31. The first kappa shape index (κ1) is 35.2. The monoisotopic (exact) mass is 664 g/mol. The number of hydrogen-bond donors (Lipinski definition) is 2. The highest BCUT2D eigenvalue weighted by Crippen LogP contribution is 2.32. The first-order chi connectivity index (χ1) is 21.2. The van der Waals surface area contributed by atoms with Gasteiger partial charge in [0, 0.05) is 20.8 Å². The van der Waals surface area contributed by atoms with Crippen LogP contribution < -0.4 is 4.74 Å². The molecule has 0 amide bonds. The van der Waals surface area contributed by atoms with Crippen LogP contribution in [0.15, 0.2) is 59.3 Å². The highest BCUT2D eigenvalue weighted by atomic mass is 35.5. The van der Waals surface area contributed by atoms with E-state index in [0.717, 1.165) is 10.4 Å². The maximum atomic E-state index is 12.5. The Morgan fingerprint density at radius 3 is 2.02 bits per heavy atom. The number of carboxylic acids is 2. The van der Waals surface area contributed by atoms with Gasteiger partial charge in [0.25, 0.3) is 0 Å². The number of hydrogen-bond acceptors (Lipinski definition) is 7. The third-order valence-electron chi connectivity index (χ3n) is 6.71. The minimum Gasteiger partial charge on any atom is -0.496 e. The molecule has 0 bridgehead atoms. The Hall–Kier alpha value is -4.31. The second kappa shape index (κ2) is 15.6. The van der Waals surface area contributed by atoms with E-state index in [2.05, 4.69) is 0 Å². The van der Waals surface area contributed by atoms with Crippen molar-refractivity contribution in [1.29, 1.82) is 0 Å². The lowest BCUT2D eigenvalue weighted by atomic mass is 9.95. The van der Waals surface area contributed by atoms with Crippen LogP contribution in [0.25, 0.3) is 12.2 Å². The maximum absolute atomic E-state index is 12.5. The summed E-state index contributed by atoms with van der Waals surface area (Å²) >= 11 is 8.61. The molecule has 2 N–H and O–H groups in total. The highest BCUT2D eigenvalue weighted by Gasteiger charge is 2.23. The Kier molecular flexibility index (Phi) is 12.2. The van der Waals surface area contributed by atoms with E-state index in [9.17, 15) is 29.4 Å². The molecule has 7 nitrogen and oxygen atoms in total. The summed E-state index contributed by atoms with van der Waals surface area (Å²) in [5, 5.41) is 22.7. The van der Waals surface area contributed by atoms with Gasteiger partial charge in [0.1, 0.15) is 5.75 Å². The van der Waals surface area contributed by atoms with Crippen LogP contribution in [0.1, 0.15) is 93.2 Å². The number of ketones is 2. The van der Waals surface area contributed by atoms with E-state index in [-0.39, 0.29) is 34.4 Å². The molecule has 45 heavy (non-hydrogen) atoms. The van der Waals surface area contributed by atoms with Gasteiger partial charge in [-0.05, 0) is 96.8 Å². The lowest BCUT2D eigenvalue weighted by Gasteiger charge is -2.14. The molecule has 0 unspecified atom stereocenters. The molecule has 2 aromatic carbocycles. The van der Waals surface area contributed by atoms with E-state index in [1.54, 1.807) is 73.0 Å². The summed E-state index contributed by atoms with van der Waals surface area (Å²) in [7, 11) is 1.42. The van der Waals surface area contributed by atoms with Crippen molar-refractivity contribution >= 4 is 69.9 Å². The molecular weight excluding hydrogens is 632 g/mol. The minimum atomic E-state index is -1.04.